The fourth-order valence-electron chi connectivity index (χ4n) is 3.40. The van der Waals surface area contributed by atoms with Crippen molar-refractivity contribution in [1.82, 2.24) is 0 Å². The second-order valence-electron chi connectivity index (χ2n) is 6.41. The molecule has 146 valence electrons. The third-order valence-corrected chi connectivity index (χ3v) is 4.68. The molecule has 1 aromatic rings. The molecule has 9 heteroatoms. The van der Waals surface area contributed by atoms with Crippen molar-refractivity contribution in [3.63, 3.8) is 0 Å². The second-order valence-corrected chi connectivity index (χ2v) is 6.41. The standard InChI is InChI=1S/C19H15BF5NO2/c1-2-12(20)13(21)4-8-3-11-9(6-16(27)18(11)26-8)10-5-14(22)15(23)7-17(10)28-19(24)25/h2,4-5,7,9,16,19,27H,3,6H2,1H3/b12-2+,13-4+. The van der Waals surface area contributed by atoms with Crippen LogP contribution < -0.4 is 4.74 Å². The molecule has 1 aromatic carbocycles. The third kappa shape index (κ3) is 3.89. The number of benzene rings is 1. The zero-order valence-electron chi connectivity index (χ0n) is 14.7. The number of nitrogens with zero attached hydrogens (tertiary/aromatic N) is 1. The van der Waals surface area contributed by atoms with Crippen LogP contribution in [0, 0.1) is 11.6 Å². The van der Waals surface area contributed by atoms with Crippen LogP contribution in [-0.2, 0) is 0 Å². The van der Waals surface area contributed by atoms with Gasteiger partial charge >= 0.3 is 6.61 Å². The van der Waals surface area contributed by atoms with E-state index in [0.29, 0.717) is 11.6 Å². The fraction of sp³-hybridized carbons (Fsp3) is 0.316. The molecule has 0 aromatic heterocycles. The first-order valence-corrected chi connectivity index (χ1v) is 8.43. The molecule has 0 spiro atoms. The van der Waals surface area contributed by atoms with Crippen LogP contribution in [-0.4, -0.2) is 31.4 Å². The lowest BCUT2D eigenvalue weighted by Gasteiger charge is -2.19. The van der Waals surface area contributed by atoms with Crippen molar-refractivity contribution in [3.8, 4) is 5.75 Å². The summed E-state index contributed by atoms with van der Waals surface area (Å²) in [5, 5.41) is 10.3. The first kappa shape index (κ1) is 20.3. The number of alkyl halides is 2. The summed E-state index contributed by atoms with van der Waals surface area (Å²) >= 11 is 0. The number of hydrogen-bond acceptors (Lipinski definition) is 3. The molecule has 1 aliphatic heterocycles. The Hall–Kier alpha value is -2.42. The topological polar surface area (TPSA) is 41.8 Å². The minimum Gasteiger partial charge on any atom is -0.434 e. The summed E-state index contributed by atoms with van der Waals surface area (Å²) < 4.78 is 70.9. The number of allylic oxidation sites excluding steroid dienone is 5. The fourth-order valence-corrected chi connectivity index (χ4v) is 3.40. The zero-order chi connectivity index (χ0) is 20.6. The minimum absolute atomic E-state index is 0.0304. The van der Waals surface area contributed by atoms with Crippen molar-refractivity contribution < 1.29 is 31.8 Å². The number of halogens is 5. The van der Waals surface area contributed by atoms with Crippen LogP contribution in [0.2, 0.25) is 0 Å². The zero-order valence-corrected chi connectivity index (χ0v) is 14.7. The van der Waals surface area contributed by atoms with Crippen LogP contribution in [0.15, 0.2) is 51.8 Å². The van der Waals surface area contributed by atoms with E-state index >= 15 is 0 Å². The Morgan fingerprint density at radius 2 is 2.00 bits per heavy atom. The molecule has 3 nitrogen and oxygen atoms in total. The molecule has 1 N–H and O–H groups in total. The van der Waals surface area contributed by atoms with Crippen LogP contribution in [0.4, 0.5) is 22.0 Å². The van der Waals surface area contributed by atoms with Gasteiger partial charge in [0.2, 0.25) is 0 Å². The largest absolute Gasteiger partial charge is 0.434 e. The smallest absolute Gasteiger partial charge is 0.387 e. The van der Waals surface area contributed by atoms with E-state index in [2.05, 4.69) is 9.73 Å². The predicted octanol–water partition coefficient (Wildman–Crippen LogP) is 4.44. The Morgan fingerprint density at radius 3 is 2.64 bits per heavy atom. The quantitative estimate of drug-likeness (QED) is 0.455. The van der Waals surface area contributed by atoms with Gasteiger partial charge in [0, 0.05) is 29.7 Å². The summed E-state index contributed by atoms with van der Waals surface area (Å²) in [4.78, 5) is 4.18. The van der Waals surface area contributed by atoms with Crippen molar-refractivity contribution in [2.45, 2.75) is 38.4 Å². The number of aliphatic hydroxyl groups excluding tert-OH is 1. The molecule has 2 atom stereocenters. The van der Waals surface area contributed by atoms with E-state index < -0.39 is 41.8 Å². The second kappa shape index (κ2) is 7.91. The summed E-state index contributed by atoms with van der Waals surface area (Å²) in [6.07, 6.45) is 1.57. The normalized spacial score (nSPS) is 22.8. The SMILES string of the molecule is [B]C(=C/C)/C(F)=C\C1=NC2=C(C1)C(c1cc(F)c(F)cc1OC(F)F)CC2O. The van der Waals surface area contributed by atoms with E-state index in [9.17, 15) is 27.1 Å². The number of rotatable bonds is 5. The average Bonchev–Trinajstić information content (AvgIpc) is 3.16. The van der Waals surface area contributed by atoms with Gasteiger partial charge in [0.05, 0.1) is 11.8 Å². The van der Waals surface area contributed by atoms with Gasteiger partial charge in [0.15, 0.2) is 11.6 Å². The van der Waals surface area contributed by atoms with Crippen molar-refractivity contribution in [1.29, 1.82) is 0 Å². The molecule has 1 aliphatic carbocycles. The van der Waals surface area contributed by atoms with Crippen LogP contribution in [0.1, 0.15) is 31.2 Å². The molecular weight excluding hydrogens is 380 g/mol. The molecule has 0 fully saturated rings. The van der Waals surface area contributed by atoms with Gasteiger partial charge in [0.25, 0.3) is 0 Å². The van der Waals surface area contributed by atoms with Gasteiger partial charge in [-0.15, -0.1) is 0 Å². The lowest BCUT2D eigenvalue weighted by atomic mass is 9.88. The molecule has 0 amide bonds. The predicted molar refractivity (Wildman–Crippen MR) is 94.1 cm³/mol. The Labute approximate surface area is 159 Å². The molecule has 3 rings (SSSR count). The van der Waals surface area contributed by atoms with Crippen molar-refractivity contribution >= 4 is 13.6 Å². The van der Waals surface area contributed by atoms with Gasteiger partial charge in [0.1, 0.15) is 19.4 Å². The molecule has 0 bridgehead atoms. The lowest BCUT2D eigenvalue weighted by Crippen LogP contribution is -2.12. The summed E-state index contributed by atoms with van der Waals surface area (Å²) in [5.74, 6) is -4.52. The molecule has 2 aliphatic rings. The van der Waals surface area contributed by atoms with E-state index in [4.69, 9.17) is 7.85 Å². The van der Waals surface area contributed by atoms with E-state index in [1.165, 1.54) is 6.08 Å². The Balaban J connectivity index is 1.95. The maximum Gasteiger partial charge on any atom is 0.387 e. The first-order valence-electron chi connectivity index (χ1n) is 8.43. The van der Waals surface area contributed by atoms with Crippen LogP contribution in [0.5, 0.6) is 5.75 Å². The number of aliphatic imine (C=N–C) groups is 1. The molecule has 2 unspecified atom stereocenters. The van der Waals surface area contributed by atoms with Gasteiger partial charge in [-0.05, 0) is 31.1 Å². The third-order valence-electron chi connectivity index (χ3n) is 4.68. The average molecular weight is 395 g/mol. The minimum atomic E-state index is -3.24. The van der Waals surface area contributed by atoms with Crippen LogP contribution in [0.25, 0.3) is 0 Å². The molecule has 2 radical (unpaired) electrons. The molecule has 0 saturated carbocycles. The molecule has 0 saturated heterocycles. The van der Waals surface area contributed by atoms with Crippen molar-refractivity contribution in [3.05, 3.63) is 64.1 Å². The highest BCUT2D eigenvalue weighted by Gasteiger charge is 2.39. The highest BCUT2D eigenvalue weighted by atomic mass is 19.3. The Morgan fingerprint density at radius 1 is 1.32 bits per heavy atom. The number of aliphatic hydroxyl groups is 1. The van der Waals surface area contributed by atoms with E-state index in [1.54, 1.807) is 6.92 Å². The van der Waals surface area contributed by atoms with Crippen LogP contribution >= 0.6 is 0 Å². The van der Waals surface area contributed by atoms with Gasteiger partial charge in [-0.3, -0.25) is 4.99 Å². The summed E-state index contributed by atoms with van der Waals surface area (Å²) in [6, 6.07) is 1.32. The highest BCUT2D eigenvalue weighted by Crippen LogP contribution is 2.48. The maximum absolute atomic E-state index is 14.0. The van der Waals surface area contributed by atoms with E-state index in [-0.39, 0.29) is 35.3 Å². The number of hydrogen-bond donors (Lipinski definition) is 1. The molecule has 1 heterocycles. The van der Waals surface area contributed by atoms with Gasteiger partial charge in [-0.1, -0.05) is 11.5 Å². The molecule has 28 heavy (non-hydrogen) atoms. The van der Waals surface area contributed by atoms with Gasteiger partial charge in [-0.25, -0.2) is 13.2 Å². The van der Waals surface area contributed by atoms with Gasteiger partial charge in [-0.2, -0.15) is 8.78 Å². The Bertz CT molecular complexity index is 923. The van der Waals surface area contributed by atoms with Crippen molar-refractivity contribution in [2.24, 2.45) is 4.99 Å². The lowest BCUT2D eigenvalue weighted by molar-refractivity contribution is -0.0508. The number of ether oxygens (including phenoxy) is 1. The monoisotopic (exact) mass is 395 g/mol. The highest BCUT2D eigenvalue weighted by molar-refractivity contribution is 6.24. The van der Waals surface area contributed by atoms with Crippen molar-refractivity contribution in [2.75, 3.05) is 0 Å². The Kier molecular flexibility index (Phi) is 5.74. The van der Waals surface area contributed by atoms with E-state index in [1.807, 2.05) is 0 Å². The molecular formula is C19H15BF5NO2. The van der Waals surface area contributed by atoms with Crippen LogP contribution in [0.3, 0.4) is 0 Å². The maximum atomic E-state index is 14.0. The summed E-state index contributed by atoms with van der Waals surface area (Å²) in [7, 11) is 5.49. The van der Waals surface area contributed by atoms with Gasteiger partial charge < -0.3 is 9.84 Å². The summed E-state index contributed by atoms with van der Waals surface area (Å²) in [6.45, 7) is -1.68. The van der Waals surface area contributed by atoms with E-state index in [0.717, 1.165) is 12.1 Å². The first-order chi connectivity index (χ1) is 13.2. The summed E-state index contributed by atoms with van der Waals surface area (Å²) in [5.41, 5.74) is 0.929.